The fourth-order valence-electron chi connectivity index (χ4n) is 5.60. The Balaban J connectivity index is 1.65. The van der Waals surface area contributed by atoms with Crippen molar-refractivity contribution in [2.45, 2.75) is 72.2 Å². The van der Waals surface area contributed by atoms with E-state index < -0.39 is 11.7 Å². The molecule has 5 rings (SSSR count). The average Bonchev–Trinajstić information content (AvgIpc) is 3.43. The molecule has 3 aromatic rings. The van der Waals surface area contributed by atoms with E-state index in [1.54, 1.807) is 4.57 Å². The van der Waals surface area contributed by atoms with Crippen LogP contribution in [0.3, 0.4) is 0 Å². The Bertz CT molecular complexity index is 1360. The van der Waals surface area contributed by atoms with E-state index in [1.165, 1.54) is 24.8 Å². The molecule has 0 spiro atoms. The van der Waals surface area contributed by atoms with E-state index >= 15 is 0 Å². The van der Waals surface area contributed by atoms with Crippen LogP contribution in [-0.4, -0.2) is 58.7 Å². The number of hydrogen-bond acceptors (Lipinski definition) is 5. The van der Waals surface area contributed by atoms with E-state index in [2.05, 4.69) is 53.4 Å². The number of nitrogens with zero attached hydrogens (tertiary/aromatic N) is 3. The molecule has 0 bridgehead atoms. The first-order chi connectivity index (χ1) is 18.1. The molecule has 3 heterocycles. The normalized spacial score (nSPS) is 16.2. The highest BCUT2D eigenvalue weighted by molar-refractivity contribution is 6.07. The third kappa shape index (κ3) is 5.49. The van der Waals surface area contributed by atoms with Crippen LogP contribution in [0.15, 0.2) is 36.4 Å². The summed E-state index contributed by atoms with van der Waals surface area (Å²) in [6.07, 6.45) is 3.37. The summed E-state index contributed by atoms with van der Waals surface area (Å²) in [4.78, 5) is 31.4. The lowest BCUT2D eigenvalue weighted by molar-refractivity contribution is 0.0547. The molecular weight excluding hydrogens is 476 g/mol. The van der Waals surface area contributed by atoms with Crippen molar-refractivity contribution in [2.75, 3.05) is 26.7 Å². The van der Waals surface area contributed by atoms with Gasteiger partial charge in [0.1, 0.15) is 5.60 Å². The Morgan fingerprint density at radius 2 is 1.82 bits per heavy atom. The van der Waals surface area contributed by atoms with Gasteiger partial charge < -0.3 is 15.0 Å². The summed E-state index contributed by atoms with van der Waals surface area (Å²) < 4.78 is 7.52. The lowest BCUT2D eigenvalue weighted by Crippen LogP contribution is -2.29. The van der Waals surface area contributed by atoms with Crippen molar-refractivity contribution >= 4 is 22.9 Å². The molecule has 0 radical (unpaired) electrons. The summed E-state index contributed by atoms with van der Waals surface area (Å²) in [6.45, 7) is 13.1. The second-order valence-corrected chi connectivity index (χ2v) is 11.8. The Morgan fingerprint density at radius 3 is 2.53 bits per heavy atom. The zero-order valence-electron chi connectivity index (χ0n) is 23.4. The van der Waals surface area contributed by atoms with E-state index in [4.69, 9.17) is 4.74 Å². The molecule has 2 aromatic carbocycles. The first kappa shape index (κ1) is 26.4. The number of carbonyl (C=O) groups is 2. The zero-order chi connectivity index (χ0) is 27.0. The van der Waals surface area contributed by atoms with Crippen molar-refractivity contribution in [1.29, 1.82) is 0 Å². The number of hydrogen-bond donors (Lipinski definition) is 1. The predicted molar refractivity (Wildman–Crippen MR) is 151 cm³/mol. The van der Waals surface area contributed by atoms with Crippen LogP contribution in [0.25, 0.3) is 22.2 Å². The van der Waals surface area contributed by atoms with Gasteiger partial charge in [-0.2, -0.15) is 0 Å². The van der Waals surface area contributed by atoms with Crippen LogP contribution in [-0.2, 0) is 24.4 Å². The molecule has 0 atom stereocenters. The summed E-state index contributed by atoms with van der Waals surface area (Å²) in [6, 6.07) is 12.6. The summed E-state index contributed by atoms with van der Waals surface area (Å²) in [7, 11) is 2.08. The van der Waals surface area contributed by atoms with Crippen LogP contribution < -0.4 is 5.32 Å². The highest BCUT2D eigenvalue weighted by Crippen LogP contribution is 2.36. The topological polar surface area (TPSA) is 66.8 Å². The molecule has 38 heavy (non-hydrogen) atoms. The molecule has 1 aromatic heterocycles. The maximum absolute atomic E-state index is 13.6. The van der Waals surface area contributed by atoms with Crippen LogP contribution in [0.4, 0.5) is 4.79 Å². The molecule has 1 saturated heterocycles. The zero-order valence-corrected chi connectivity index (χ0v) is 23.4. The van der Waals surface area contributed by atoms with Crippen molar-refractivity contribution in [2.24, 2.45) is 0 Å². The molecular formula is C31H40N4O3. The number of carbonyl (C=O) groups excluding carboxylic acids is 2. The summed E-state index contributed by atoms with van der Waals surface area (Å²) in [5, 5.41) is 3.96. The number of likely N-dealkylation sites (tertiary alicyclic amines) is 1. The number of ether oxygens (including phenoxy) is 1. The Hall–Kier alpha value is -3.16. The van der Waals surface area contributed by atoms with Crippen molar-refractivity contribution in [3.8, 4) is 11.3 Å². The van der Waals surface area contributed by atoms with Crippen LogP contribution >= 0.6 is 0 Å². The lowest BCUT2D eigenvalue weighted by atomic mass is 9.96. The summed E-state index contributed by atoms with van der Waals surface area (Å²) >= 11 is 0. The minimum absolute atomic E-state index is 0.0998. The SMILES string of the molecule is CCN(C)Cc1cc2c(c(-c3cc4cc(CN5CCCCC5)ccc4n3C(=O)OC(C)(C)C)c1)C(=O)NC2. The Kier molecular flexibility index (Phi) is 7.34. The number of aromatic nitrogens is 1. The van der Waals surface area contributed by atoms with Gasteiger partial charge in [0.25, 0.3) is 5.91 Å². The first-order valence-electron chi connectivity index (χ1n) is 13.9. The van der Waals surface area contributed by atoms with E-state index in [0.29, 0.717) is 17.8 Å². The highest BCUT2D eigenvalue weighted by Gasteiger charge is 2.29. The van der Waals surface area contributed by atoms with Crippen LogP contribution in [0.1, 0.15) is 74.0 Å². The van der Waals surface area contributed by atoms with Gasteiger partial charge >= 0.3 is 6.09 Å². The Labute approximate surface area is 225 Å². The molecule has 1 fully saturated rings. The van der Waals surface area contributed by atoms with Gasteiger partial charge in [-0.15, -0.1) is 0 Å². The van der Waals surface area contributed by atoms with Crippen LogP contribution in [0.5, 0.6) is 0 Å². The molecule has 0 saturated carbocycles. The monoisotopic (exact) mass is 516 g/mol. The second kappa shape index (κ2) is 10.5. The highest BCUT2D eigenvalue weighted by atomic mass is 16.6. The molecule has 2 aliphatic rings. The molecule has 202 valence electrons. The number of benzene rings is 2. The average molecular weight is 517 g/mol. The van der Waals surface area contributed by atoms with Gasteiger partial charge in [-0.3, -0.25) is 9.69 Å². The van der Waals surface area contributed by atoms with Gasteiger partial charge in [0.05, 0.1) is 16.8 Å². The number of nitrogens with one attached hydrogen (secondary N) is 1. The maximum atomic E-state index is 13.6. The molecule has 0 unspecified atom stereocenters. The molecule has 2 aliphatic heterocycles. The van der Waals surface area contributed by atoms with Gasteiger partial charge in [0, 0.05) is 30.6 Å². The largest absolute Gasteiger partial charge is 0.443 e. The smallest absolute Gasteiger partial charge is 0.419 e. The van der Waals surface area contributed by atoms with E-state index in [1.807, 2.05) is 32.9 Å². The third-order valence-electron chi connectivity index (χ3n) is 7.51. The summed E-state index contributed by atoms with van der Waals surface area (Å²) in [5.41, 5.74) is 5.58. The lowest BCUT2D eigenvalue weighted by Gasteiger charge is -2.26. The predicted octanol–water partition coefficient (Wildman–Crippen LogP) is 5.77. The minimum atomic E-state index is -0.649. The van der Waals surface area contributed by atoms with Crippen molar-refractivity contribution in [1.82, 2.24) is 19.7 Å². The molecule has 0 aliphatic carbocycles. The van der Waals surface area contributed by atoms with E-state index in [-0.39, 0.29) is 5.91 Å². The van der Waals surface area contributed by atoms with Crippen LogP contribution in [0.2, 0.25) is 0 Å². The number of amides is 1. The van der Waals surface area contributed by atoms with Crippen molar-refractivity contribution < 1.29 is 14.3 Å². The number of rotatable bonds is 6. The van der Waals surface area contributed by atoms with Crippen LogP contribution in [0, 0.1) is 0 Å². The van der Waals surface area contributed by atoms with Crippen molar-refractivity contribution in [3.05, 3.63) is 58.7 Å². The number of piperidine rings is 1. The third-order valence-corrected chi connectivity index (χ3v) is 7.51. The molecule has 1 amide bonds. The van der Waals surface area contributed by atoms with E-state index in [9.17, 15) is 9.59 Å². The summed E-state index contributed by atoms with van der Waals surface area (Å²) in [5.74, 6) is -0.0998. The Morgan fingerprint density at radius 1 is 1.05 bits per heavy atom. The van der Waals surface area contributed by atoms with Gasteiger partial charge in [-0.05, 0) is 101 Å². The van der Waals surface area contributed by atoms with Gasteiger partial charge in [-0.1, -0.05) is 25.5 Å². The van der Waals surface area contributed by atoms with E-state index in [0.717, 1.165) is 60.3 Å². The molecule has 7 nitrogen and oxygen atoms in total. The number of fused-ring (bicyclic) bond motifs is 2. The molecule has 7 heteroatoms. The first-order valence-corrected chi connectivity index (χ1v) is 13.9. The quantitative estimate of drug-likeness (QED) is 0.450. The van der Waals surface area contributed by atoms with Crippen molar-refractivity contribution in [3.63, 3.8) is 0 Å². The fourth-order valence-corrected chi connectivity index (χ4v) is 5.60. The maximum Gasteiger partial charge on any atom is 0.419 e. The van der Waals surface area contributed by atoms with Gasteiger partial charge in [-0.25, -0.2) is 9.36 Å². The second-order valence-electron chi connectivity index (χ2n) is 11.8. The minimum Gasteiger partial charge on any atom is -0.443 e. The van der Waals surface area contributed by atoms with Gasteiger partial charge in [0.15, 0.2) is 0 Å². The van der Waals surface area contributed by atoms with Gasteiger partial charge in [0.2, 0.25) is 0 Å². The molecule has 1 N–H and O–H groups in total. The standard InChI is InChI=1S/C31H40N4O3/c1-6-33(5)19-22-15-24-18-32-29(36)28(24)25(16-22)27-17-23-14-21(20-34-12-8-7-9-13-34)10-11-26(23)35(27)30(37)38-31(2,3)4/h10-11,14-17H,6-9,12-13,18-20H2,1-5H3,(H,32,36). The fraction of sp³-hybridized carbons (Fsp3) is 0.484.